The van der Waals surface area contributed by atoms with Crippen LogP contribution in [-0.2, 0) is 6.42 Å². The van der Waals surface area contributed by atoms with E-state index < -0.39 is 23.0 Å². The van der Waals surface area contributed by atoms with Gasteiger partial charge in [0.2, 0.25) is 0 Å². The molecule has 8 heteroatoms. The summed E-state index contributed by atoms with van der Waals surface area (Å²) in [5.74, 6) is -1.24. The third kappa shape index (κ3) is 4.54. The van der Waals surface area contributed by atoms with Crippen LogP contribution in [0.15, 0.2) is 96.2 Å². The van der Waals surface area contributed by atoms with Crippen molar-refractivity contribution in [3.8, 4) is 17.2 Å². The number of ether oxygens (including phenoxy) is 1. The van der Waals surface area contributed by atoms with Gasteiger partial charge in [-0.25, -0.2) is 8.78 Å². The summed E-state index contributed by atoms with van der Waals surface area (Å²) in [5, 5.41) is 0. The quantitative estimate of drug-likeness (QED) is 0.317. The number of rotatable bonds is 6. The van der Waals surface area contributed by atoms with E-state index in [0.717, 1.165) is 0 Å². The minimum Gasteiger partial charge on any atom is -0.452 e. The lowest BCUT2D eigenvalue weighted by molar-refractivity contribution is 0.0991. The molecule has 0 saturated heterocycles. The number of carbonyl (C=O) groups excluding carboxylic acids is 1. The van der Waals surface area contributed by atoms with Crippen LogP contribution in [0.25, 0.3) is 16.7 Å². The summed E-state index contributed by atoms with van der Waals surface area (Å²) in [4.78, 5) is 34.2. The Morgan fingerprint density at radius 2 is 1.71 bits per heavy atom. The molecule has 2 aromatic carbocycles. The second-order valence-electron chi connectivity index (χ2n) is 7.72. The molecule has 0 aliphatic heterocycles. The fourth-order valence-corrected chi connectivity index (χ4v) is 3.68. The summed E-state index contributed by atoms with van der Waals surface area (Å²) in [5.41, 5.74) is 1.33. The maximum Gasteiger partial charge on any atom is 0.265 e. The molecular formula is C27H17F2N3O3. The van der Waals surface area contributed by atoms with Gasteiger partial charge >= 0.3 is 0 Å². The van der Waals surface area contributed by atoms with Crippen molar-refractivity contribution in [1.29, 1.82) is 0 Å². The Kier molecular flexibility index (Phi) is 5.85. The standard InChI is InChI=1S/C27H17F2N3O3/c28-18-6-8-19(9-7-18)32-14-2-3-20(27(32)34)23(33)16-17-5-10-24(21(29)15-17)35-25-11-13-30-22-4-1-12-31-26(22)25/h1-15H,16H2. The minimum atomic E-state index is -0.659. The Hall–Kier alpha value is -4.72. The van der Waals surface area contributed by atoms with Gasteiger partial charge in [0, 0.05) is 36.8 Å². The number of halogens is 2. The number of carbonyl (C=O) groups is 1. The normalized spacial score (nSPS) is 10.9. The fourth-order valence-electron chi connectivity index (χ4n) is 3.68. The molecule has 0 radical (unpaired) electrons. The van der Waals surface area contributed by atoms with Crippen LogP contribution < -0.4 is 10.3 Å². The van der Waals surface area contributed by atoms with Crippen LogP contribution in [0.2, 0.25) is 0 Å². The van der Waals surface area contributed by atoms with Crippen molar-refractivity contribution in [3.05, 3.63) is 125 Å². The molecule has 35 heavy (non-hydrogen) atoms. The van der Waals surface area contributed by atoms with E-state index in [0.29, 0.717) is 28.0 Å². The molecular weight excluding hydrogens is 452 g/mol. The smallest absolute Gasteiger partial charge is 0.265 e. The van der Waals surface area contributed by atoms with Crippen molar-refractivity contribution in [1.82, 2.24) is 14.5 Å². The number of nitrogens with zero attached hydrogens (tertiary/aromatic N) is 3. The van der Waals surface area contributed by atoms with E-state index in [1.165, 1.54) is 53.2 Å². The molecule has 172 valence electrons. The Morgan fingerprint density at radius 3 is 2.51 bits per heavy atom. The van der Waals surface area contributed by atoms with E-state index in [-0.39, 0.29) is 17.7 Å². The van der Waals surface area contributed by atoms with Gasteiger partial charge in [0.1, 0.15) is 11.3 Å². The van der Waals surface area contributed by atoms with Crippen molar-refractivity contribution in [2.75, 3.05) is 0 Å². The molecule has 5 aromatic rings. The Morgan fingerprint density at radius 1 is 0.886 bits per heavy atom. The largest absolute Gasteiger partial charge is 0.452 e. The zero-order valence-electron chi connectivity index (χ0n) is 18.2. The summed E-state index contributed by atoms with van der Waals surface area (Å²) < 4.78 is 35.0. The second-order valence-corrected chi connectivity index (χ2v) is 7.72. The van der Waals surface area contributed by atoms with Gasteiger partial charge in [-0.1, -0.05) is 6.07 Å². The summed E-state index contributed by atoms with van der Waals surface area (Å²) in [6.45, 7) is 0. The van der Waals surface area contributed by atoms with E-state index >= 15 is 0 Å². The first-order valence-electron chi connectivity index (χ1n) is 10.7. The number of fused-ring (bicyclic) bond motifs is 1. The number of aromatic nitrogens is 3. The predicted octanol–water partition coefficient (Wildman–Crippen LogP) is 5.28. The van der Waals surface area contributed by atoms with Gasteiger partial charge in [-0.2, -0.15) is 0 Å². The molecule has 5 rings (SSSR count). The van der Waals surface area contributed by atoms with E-state index in [2.05, 4.69) is 9.97 Å². The molecule has 3 heterocycles. The molecule has 0 bridgehead atoms. The van der Waals surface area contributed by atoms with Gasteiger partial charge in [-0.15, -0.1) is 0 Å². The lowest BCUT2D eigenvalue weighted by atomic mass is 10.0. The third-order valence-corrected chi connectivity index (χ3v) is 5.39. The molecule has 6 nitrogen and oxygen atoms in total. The first-order valence-corrected chi connectivity index (χ1v) is 10.7. The molecule has 0 unspecified atom stereocenters. The maximum absolute atomic E-state index is 14.8. The SMILES string of the molecule is O=C(Cc1ccc(Oc2ccnc3cccnc23)c(F)c1)c1cccn(-c2ccc(F)cc2)c1=O. The highest BCUT2D eigenvalue weighted by atomic mass is 19.1. The minimum absolute atomic E-state index is 0.0299. The van der Waals surface area contributed by atoms with Crippen LogP contribution in [-0.4, -0.2) is 20.3 Å². The summed E-state index contributed by atoms with van der Waals surface area (Å²) in [6.07, 6.45) is 4.45. The van der Waals surface area contributed by atoms with Gasteiger partial charge < -0.3 is 4.74 Å². The van der Waals surface area contributed by atoms with Crippen molar-refractivity contribution >= 4 is 16.8 Å². The molecule has 0 aliphatic rings. The third-order valence-electron chi connectivity index (χ3n) is 5.39. The van der Waals surface area contributed by atoms with E-state index in [1.54, 1.807) is 42.7 Å². The van der Waals surface area contributed by atoms with Crippen molar-refractivity contribution in [2.24, 2.45) is 0 Å². The predicted molar refractivity (Wildman–Crippen MR) is 126 cm³/mol. The molecule has 0 fully saturated rings. The van der Waals surface area contributed by atoms with Gasteiger partial charge in [-0.3, -0.25) is 24.1 Å². The van der Waals surface area contributed by atoms with Gasteiger partial charge in [0.25, 0.3) is 5.56 Å². The number of hydrogen-bond acceptors (Lipinski definition) is 5. The number of ketones is 1. The number of hydrogen-bond donors (Lipinski definition) is 0. The van der Waals surface area contributed by atoms with Gasteiger partial charge in [0.05, 0.1) is 11.1 Å². The molecule has 0 atom stereocenters. The molecule has 3 aromatic heterocycles. The van der Waals surface area contributed by atoms with E-state index in [9.17, 15) is 18.4 Å². The number of pyridine rings is 3. The first-order chi connectivity index (χ1) is 17.0. The zero-order chi connectivity index (χ0) is 24.4. The summed E-state index contributed by atoms with van der Waals surface area (Å²) in [6, 6.07) is 17.6. The number of Topliss-reactive ketones (excluding diaryl/α,β-unsaturated/α-hetero) is 1. The van der Waals surface area contributed by atoms with Crippen LogP contribution in [0.3, 0.4) is 0 Å². The summed E-state index contributed by atoms with van der Waals surface area (Å²) >= 11 is 0. The Labute approximate surface area is 198 Å². The summed E-state index contributed by atoms with van der Waals surface area (Å²) in [7, 11) is 0. The molecule has 0 N–H and O–H groups in total. The average Bonchev–Trinajstić information content (AvgIpc) is 2.86. The van der Waals surface area contributed by atoms with Crippen molar-refractivity contribution in [2.45, 2.75) is 6.42 Å². The Bertz CT molecular complexity index is 1610. The van der Waals surface area contributed by atoms with Crippen LogP contribution in [0, 0.1) is 11.6 Å². The van der Waals surface area contributed by atoms with Crippen molar-refractivity contribution < 1.29 is 18.3 Å². The van der Waals surface area contributed by atoms with Gasteiger partial charge in [-0.05, 0) is 66.2 Å². The molecule has 0 spiro atoms. The monoisotopic (exact) mass is 469 g/mol. The van der Waals surface area contributed by atoms with Gasteiger partial charge in [0.15, 0.2) is 23.1 Å². The molecule has 0 amide bonds. The molecule has 0 aliphatic carbocycles. The maximum atomic E-state index is 14.8. The average molecular weight is 469 g/mol. The number of benzene rings is 2. The first kappa shape index (κ1) is 22.1. The highest BCUT2D eigenvalue weighted by Gasteiger charge is 2.16. The second kappa shape index (κ2) is 9.26. The topological polar surface area (TPSA) is 74.1 Å². The van der Waals surface area contributed by atoms with Crippen LogP contribution in [0.4, 0.5) is 8.78 Å². The lowest BCUT2D eigenvalue weighted by Gasteiger charge is -2.10. The highest BCUT2D eigenvalue weighted by Crippen LogP contribution is 2.29. The van der Waals surface area contributed by atoms with Crippen LogP contribution in [0.1, 0.15) is 15.9 Å². The highest BCUT2D eigenvalue weighted by molar-refractivity contribution is 5.97. The Balaban J connectivity index is 1.37. The fraction of sp³-hybridized carbons (Fsp3) is 0.0370. The van der Waals surface area contributed by atoms with Crippen molar-refractivity contribution in [3.63, 3.8) is 0 Å². The van der Waals surface area contributed by atoms with E-state index in [1.807, 2.05) is 0 Å². The molecule has 0 saturated carbocycles. The zero-order valence-corrected chi connectivity index (χ0v) is 18.2. The van der Waals surface area contributed by atoms with Crippen LogP contribution in [0.5, 0.6) is 11.5 Å². The van der Waals surface area contributed by atoms with E-state index in [4.69, 9.17) is 4.74 Å². The van der Waals surface area contributed by atoms with Crippen LogP contribution >= 0.6 is 0 Å². The lowest BCUT2D eigenvalue weighted by Crippen LogP contribution is -2.25.